The molecular weight excluding hydrogens is 400 g/mol. The number of ether oxygens (including phenoxy) is 1. The molecule has 2 N–H and O–H groups in total. The summed E-state index contributed by atoms with van der Waals surface area (Å²) in [5.41, 5.74) is 4.40. The summed E-state index contributed by atoms with van der Waals surface area (Å²) in [6.45, 7) is 18.3. The number of benzene rings is 2. The third-order valence-corrected chi connectivity index (χ3v) is 5.56. The summed E-state index contributed by atoms with van der Waals surface area (Å²) in [5, 5.41) is 22.6. The normalized spacial score (nSPS) is 12.6. The second kappa shape index (κ2) is 9.40. The molecule has 0 amide bonds. The van der Waals surface area contributed by atoms with Crippen LogP contribution in [0.15, 0.2) is 36.4 Å². The van der Waals surface area contributed by atoms with E-state index in [4.69, 9.17) is 4.74 Å². The zero-order chi connectivity index (χ0) is 24.4. The molecule has 0 unspecified atom stereocenters. The van der Waals surface area contributed by atoms with E-state index in [-0.39, 0.29) is 28.9 Å². The molecule has 0 aromatic heterocycles. The minimum atomic E-state index is -0.526. The summed E-state index contributed by atoms with van der Waals surface area (Å²) < 4.78 is 5.08. The number of hydrogen-bond acceptors (Lipinski definition) is 4. The van der Waals surface area contributed by atoms with Gasteiger partial charge in [0.25, 0.3) is 0 Å². The highest BCUT2D eigenvalue weighted by molar-refractivity contribution is 5.82. The van der Waals surface area contributed by atoms with Crippen LogP contribution >= 0.6 is 0 Å². The van der Waals surface area contributed by atoms with Gasteiger partial charge in [0.15, 0.2) is 0 Å². The van der Waals surface area contributed by atoms with Gasteiger partial charge in [-0.2, -0.15) is 0 Å². The van der Waals surface area contributed by atoms with Crippen LogP contribution in [-0.4, -0.2) is 22.8 Å². The van der Waals surface area contributed by atoms with Gasteiger partial charge in [0.2, 0.25) is 0 Å². The Balaban J connectivity index is 2.85. The molecule has 4 heteroatoms. The Morgan fingerprint density at radius 2 is 1.28 bits per heavy atom. The summed E-state index contributed by atoms with van der Waals surface area (Å²) in [6, 6.07) is 7.82. The largest absolute Gasteiger partial charge is 0.507 e. The Labute approximate surface area is 193 Å². The van der Waals surface area contributed by atoms with Crippen molar-refractivity contribution < 1.29 is 19.7 Å². The van der Waals surface area contributed by atoms with Gasteiger partial charge in [-0.05, 0) is 42.7 Å². The van der Waals surface area contributed by atoms with E-state index in [1.807, 2.05) is 38.1 Å². The standard InChI is InChI=1S/C28H38O4/c1-10-32-24(29)12-11-19(20-13-17(2)15-22(25(20)30)27(4,5)6)21-14-18(3)16-23(26(21)31)28(7,8)9/h11-16,19,30-31H,10H2,1-9H3/b12-11+. The molecule has 0 radical (unpaired) electrons. The van der Waals surface area contributed by atoms with Crippen LogP contribution < -0.4 is 0 Å². The average molecular weight is 439 g/mol. The van der Waals surface area contributed by atoms with Gasteiger partial charge in [-0.25, -0.2) is 4.79 Å². The average Bonchev–Trinajstić information content (AvgIpc) is 2.64. The van der Waals surface area contributed by atoms with Crippen LogP contribution in [0.4, 0.5) is 0 Å². The maximum absolute atomic E-state index is 12.1. The summed E-state index contributed by atoms with van der Waals surface area (Å²) in [7, 11) is 0. The number of aryl methyl sites for hydroxylation is 2. The molecule has 0 aliphatic heterocycles. The van der Waals surface area contributed by atoms with E-state index in [1.54, 1.807) is 13.0 Å². The second-order valence-corrected chi connectivity index (χ2v) is 10.6. The number of rotatable bonds is 5. The van der Waals surface area contributed by atoms with Crippen LogP contribution in [-0.2, 0) is 20.4 Å². The molecule has 0 heterocycles. The summed E-state index contributed by atoms with van der Waals surface area (Å²) in [4.78, 5) is 12.1. The SMILES string of the molecule is CCOC(=O)/C=C/C(c1cc(C)cc(C(C)(C)C)c1O)c1cc(C)cc(C(C)(C)C)c1O. The predicted molar refractivity (Wildman–Crippen MR) is 131 cm³/mol. The molecule has 0 fully saturated rings. The van der Waals surface area contributed by atoms with Crippen molar-refractivity contribution in [3.05, 3.63) is 69.8 Å². The number of esters is 1. The van der Waals surface area contributed by atoms with Crippen LogP contribution in [0.3, 0.4) is 0 Å². The smallest absolute Gasteiger partial charge is 0.330 e. The van der Waals surface area contributed by atoms with Gasteiger partial charge in [-0.15, -0.1) is 0 Å². The molecule has 0 saturated heterocycles. The Morgan fingerprint density at radius 1 is 0.875 bits per heavy atom. The zero-order valence-electron chi connectivity index (χ0n) is 21.0. The van der Waals surface area contributed by atoms with Crippen LogP contribution in [0.5, 0.6) is 11.5 Å². The third-order valence-electron chi connectivity index (χ3n) is 5.56. The van der Waals surface area contributed by atoms with Gasteiger partial charge in [-0.3, -0.25) is 0 Å². The summed E-state index contributed by atoms with van der Waals surface area (Å²) >= 11 is 0. The first kappa shape index (κ1) is 25.5. The fourth-order valence-electron chi connectivity index (χ4n) is 3.97. The lowest BCUT2D eigenvalue weighted by atomic mass is 9.78. The van der Waals surface area contributed by atoms with Crippen molar-refractivity contribution in [3.63, 3.8) is 0 Å². The van der Waals surface area contributed by atoms with Crippen molar-refractivity contribution in [1.29, 1.82) is 0 Å². The molecule has 0 aliphatic carbocycles. The minimum absolute atomic E-state index is 0.180. The Hall–Kier alpha value is -2.75. The van der Waals surface area contributed by atoms with E-state index in [2.05, 4.69) is 41.5 Å². The quantitative estimate of drug-likeness (QED) is 0.410. The number of aromatic hydroxyl groups is 2. The first-order chi connectivity index (χ1) is 14.7. The van der Waals surface area contributed by atoms with Gasteiger partial charge < -0.3 is 14.9 Å². The van der Waals surface area contributed by atoms with Crippen molar-refractivity contribution in [2.24, 2.45) is 0 Å². The van der Waals surface area contributed by atoms with Crippen LogP contribution in [0.25, 0.3) is 0 Å². The lowest BCUT2D eigenvalue weighted by Crippen LogP contribution is -2.15. The van der Waals surface area contributed by atoms with Crippen LogP contribution in [0.1, 0.15) is 87.8 Å². The Kier molecular flexibility index (Phi) is 7.49. The number of phenolic OH excluding ortho intramolecular Hbond substituents is 2. The van der Waals surface area contributed by atoms with Gasteiger partial charge >= 0.3 is 5.97 Å². The first-order valence-electron chi connectivity index (χ1n) is 11.2. The van der Waals surface area contributed by atoms with Crippen molar-refractivity contribution >= 4 is 5.97 Å². The van der Waals surface area contributed by atoms with E-state index in [1.165, 1.54) is 6.08 Å². The van der Waals surface area contributed by atoms with E-state index >= 15 is 0 Å². The highest BCUT2D eigenvalue weighted by Crippen LogP contribution is 2.45. The molecular formula is C28H38O4. The van der Waals surface area contributed by atoms with Crippen molar-refractivity contribution in [2.75, 3.05) is 6.61 Å². The summed E-state index contributed by atoms with van der Waals surface area (Å²) in [5.74, 6) is -0.620. The number of phenols is 2. The van der Waals surface area contributed by atoms with E-state index in [0.717, 1.165) is 22.3 Å². The molecule has 0 bridgehead atoms. The monoisotopic (exact) mass is 438 g/mol. The predicted octanol–water partition coefficient (Wildman–Crippen LogP) is 6.56. The Bertz CT molecular complexity index is 948. The van der Waals surface area contributed by atoms with Gasteiger partial charge in [0, 0.05) is 23.1 Å². The molecule has 2 aromatic carbocycles. The second-order valence-electron chi connectivity index (χ2n) is 10.6. The van der Waals surface area contributed by atoms with Crippen molar-refractivity contribution in [1.82, 2.24) is 0 Å². The van der Waals surface area contributed by atoms with E-state index in [0.29, 0.717) is 11.1 Å². The van der Waals surface area contributed by atoms with E-state index in [9.17, 15) is 15.0 Å². The Morgan fingerprint density at radius 3 is 1.62 bits per heavy atom. The highest BCUT2D eigenvalue weighted by Gasteiger charge is 2.28. The number of hydrogen-bond donors (Lipinski definition) is 2. The molecule has 0 saturated carbocycles. The summed E-state index contributed by atoms with van der Waals surface area (Å²) in [6.07, 6.45) is 3.09. The molecule has 0 atom stereocenters. The molecule has 174 valence electrons. The molecule has 32 heavy (non-hydrogen) atoms. The van der Waals surface area contributed by atoms with Crippen molar-refractivity contribution in [3.8, 4) is 11.5 Å². The lowest BCUT2D eigenvalue weighted by Gasteiger charge is -2.28. The number of carbonyl (C=O) groups is 1. The van der Waals surface area contributed by atoms with Crippen LogP contribution in [0.2, 0.25) is 0 Å². The van der Waals surface area contributed by atoms with Crippen LogP contribution in [0, 0.1) is 13.8 Å². The third kappa shape index (κ3) is 5.73. The van der Waals surface area contributed by atoms with E-state index < -0.39 is 11.9 Å². The zero-order valence-corrected chi connectivity index (χ0v) is 21.0. The topological polar surface area (TPSA) is 66.8 Å². The van der Waals surface area contributed by atoms with Gasteiger partial charge in [0.1, 0.15) is 11.5 Å². The molecule has 4 nitrogen and oxygen atoms in total. The molecule has 2 rings (SSSR count). The highest BCUT2D eigenvalue weighted by atomic mass is 16.5. The van der Waals surface area contributed by atoms with Gasteiger partial charge in [-0.1, -0.05) is 83.0 Å². The van der Waals surface area contributed by atoms with Crippen molar-refractivity contribution in [2.45, 2.75) is 79.1 Å². The first-order valence-corrected chi connectivity index (χ1v) is 11.2. The van der Waals surface area contributed by atoms with Gasteiger partial charge in [0.05, 0.1) is 6.61 Å². The number of allylic oxidation sites excluding steroid dienone is 1. The minimum Gasteiger partial charge on any atom is -0.507 e. The fraction of sp³-hybridized carbons (Fsp3) is 0.464. The number of carbonyl (C=O) groups excluding carboxylic acids is 1. The lowest BCUT2D eigenvalue weighted by molar-refractivity contribution is -0.137. The maximum atomic E-state index is 12.1. The molecule has 0 aliphatic rings. The molecule has 2 aromatic rings. The molecule has 0 spiro atoms. The fourth-order valence-corrected chi connectivity index (χ4v) is 3.97. The maximum Gasteiger partial charge on any atom is 0.330 e.